The van der Waals surface area contributed by atoms with Gasteiger partial charge in [-0.15, -0.1) is 0 Å². The van der Waals surface area contributed by atoms with Crippen molar-refractivity contribution in [2.24, 2.45) is 11.8 Å². The summed E-state index contributed by atoms with van der Waals surface area (Å²) in [5.41, 5.74) is 0.283. The predicted octanol–water partition coefficient (Wildman–Crippen LogP) is 3.32. The number of nitrogens with zero attached hydrogens (tertiary/aromatic N) is 1. The third kappa shape index (κ3) is 3.97. The maximum Gasteiger partial charge on any atom is 0.242 e. The topological polar surface area (TPSA) is 70.0 Å². The van der Waals surface area contributed by atoms with Crippen molar-refractivity contribution in [1.82, 2.24) is 4.72 Å². The van der Waals surface area contributed by atoms with Gasteiger partial charge in [0.15, 0.2) is 0 Å². The molecule has 2 atom stereocenters. The predicted molar refractivity (Wildman–Crippen MR) is 82.5 cm³/mol. The van der Waals surface area contributed by atoms with Crippen LogP contribution in [-0.2, 0) is 10.0 Å². The Morgan fingerprint density at radius 2 is 2.10 bits per heavy atom. The molecule has 0 aromatic heterocycles. The molecule has 0 spiro atoms. The molecule has 0 amide bonds. The van der Waals surface area contributed by atoms with E-state index >= 15 is 0 Å². The molecule has 1 fully saturated rings. The molecule has 21 heavy (non-hydrogen) atoms. The molecule has 1 aliphatic rings. The average molecular weight is 327 g/mol. The molecule has 1 aromatic rings. The van der Waals surface area contributed by atoms with E-state index in [0.29, 0.717) is 18.4 Å². The van der Waals surface area contributed by atoms with Gasteiger partial charge >= 0.3 is 0 Å². The molecule has 2 unspecified atom stereocenters. The maximum absolute atomic E-state index is 12.4. The van der Waals surface area contributed by atoms with Crippen molar-refractivity contribution >= 4 is 21.6 Å². The van der Waals surface area contributed by atoms with E-state index in [0.717, 1.165) is 19.3 Å². The van der Waals surface area contributed by atoms with Crippen LogP contribution in [0.25, 0.3) is 0 Å². The van der Waals surface area contributed by atoms with Gasteiger partial charge in [-0.25, -0.2) is 13.1 Å². The molecule has 0 bridgehead atoms. The summed E-state index contributed by atoms with van der Waals surface area (Å²) in [4.78, 5) is -0.0216. The lowest BCUT2D eigenvalue weighted by atomic mass is 9.81. The Morgan fingerprint density at radius 3 is 2.76 bits per heavy atom. The number of nitrogens with one attached hydrogen (secondary N) is 1. The van der Waals surface area contributed by atoms with E-state index in [2.05, 4.69) is 11.6 Å². The van der Waals surface area contributed by atoms with E-state index in [9.17, 15) is 8.42 Å². The van der Waals surface area contributed by atoms with E-state index in [-0.39, 0.29) is 15.5 Å². The molecule has 0 radical (unpaired) electrons. The summed E-state index contributed by atoms with van der Waals surface area (Å²) in [6.45, 7) is 2.60. The zero-order valence-corrected chi connectivity index (χ0v) is 13.5. The summed E-state index contributed by atoms with van der Waals surface area (Å²) in [5.74, 6) is 0.897. The van der Waals surface area contributed by atoms with E-state index in [1.165, 1.54) is 24.6 Å². The fraction of sp³-hybridized carbons (Fsp3) is 0.533. The molecular formula is C15H19ClN2O2S. The molecular weight excluding hydrogens is 308 g/mol. The van der Waals surface area contributed by atoms with Gasteiger partial charge in [0.2, 0.25) is 10.0 Å². The van der Waals surface area contributed by atoms with Crippen LogP contribution in [0.1, 0.15) is 38.2 Å². The molecule has 0 heterocycles. The lowest BCUT2D eigenvalue weighted by molar-refractivity contribution is 0.257. The van der Waals surface area contributed by atoms with Gasteiger partial charge in [0.25, 0.3) is 0 Å². The van der Waals surface area contributed by atoms with Crippen molar-refractivity contribution in [1.29, 1.82) is 5.26 Å². The summed E-state index contributed by atoms with van der Waals surface area (Å²) in [6, 6.07) is 6.19. The monoisotopic (exact) mass is 326 g/mol. The Labute approximate surface area is 131 Å². The summed E-state index contributed by atoms with van der Waals surface area (Å²) in [5, 5.41) is 9.02. The fourth-order valence-corrected chi connectivity index (χ4v) is 4.39. The van der Waals surface area contributed by atoms with Crippen molar-refractivity contribution in [2.75, 3.05) is 6.54 Å². The van der Waals surface area contributed by atoms with Crippen molar-refractivity contribution in [2.45, 2.75) is 37.5 Å². The van der Waals surface area contributed by atoms with Gasteiger partial charge < -0.3 is 0 Å². The van der Waals surface area contributed by atoms with E-state index < -0.39 is 10.0 Å². The summed E-state index contributed by atoms with van der Waals surface area (Å²) >= 11 is 5.96. The van der Waals surface area contributed by atoms with Crippen molar-refractivity contribution in [3.8, 4) is 6.07 Å². The molecule has 1 aliphatic carbocycles. The second-order valence-electron chi connectivity index (χ2n) is 5.63. The molecule has 0 saturated heterocycles. The highest BCUT2D eigenvalue weighted by Gasteiger charge is 2.25. The van der Waals surface area contributed by atoms with Gasteiger partial charge in [0, 0.05) is 6.54 Å². The van der Waals surface area contributed by atoms with Crippen LogP contribution in [0.4, 0.5) is 0 Å². The van der Waals surface area contributed by atoms with E-state index in [4.69, 9.17) is 16.9 Å². The van der Waals surface area contributed by atoms with Gasteiger partial charge in [-0.2, -0.15) is 5.26 Å². The van der Waals surface area contributed by atoms with Gasteiger partial charge in [-0.1, -0.05) is 37.8 Å². The second-order valence-corrected chi connectivity index (χ2v) is 7.77. The first-order valence-corrected chi connectivity index (χ1v) is 8.99. The van der Waals surface area contributed by atoms with Gasteiger partial charge in [0.05, 0.1) is 16.7 Å². The number of nitriles is 1. The third-order valence-corrected chi connectivity index (χ3v) is 6.08. The molecule has 1 saturated carbocycles. The average Bonchev–Trinajstić information content (AvgIpc) is 2.47. The number of hydrogen-bond donors (Lipinski definition) is 1. The minimum Gasteiger partial charge on any atom is -0.211 e. The zero-order chi connectivity index (χ0) is 15.5. The molecule has 1 N–H and O–H groups in total. The van der Waals surface area contributed by atoms with Crippen molar-refractivity contribution < 1.29 is 8.42 Å². The normalized spacial score (nSPS) is 22.7. The maximum atomic E-state index is 12.4. The standard InChI is InChI=1S/C15H19ClN2O2S/c1-11-4-2-3-5-13(11)10-18-21(19,20)15-8-12(9-17)6-7-14(15)16/h6-8,11,13,18H,2-5,10H2,1H3. The summed E-state index contributed by atoms with van der Waals surface area (Å²) in [7, 11) is -3.68. The van der Waals surface area contributed by atoms with E-state index in [1.54, 1.807) is 0 Å². The Bertz CT molecular complexity index is 652. The summed E-state index contributed by atoms with van der Waals surface area (Å²) in [6.07, 6.45) is 4.58. The highest BCUT2D eigenvalue weighted by atomic mass is 35.5. The van der Waals surface area contributed by atoms with Crippen molar-refractivity contribution in [3.63, 3.8) is 0 Å². The fourth-order valence-electron chi connectivity index (χ4n) is 2.77. The number of halogens is 1. The largest absolute Gasteiger partial charge is 0.242 e. The Kier molecular flexibility index (Phi) is 5.26. The minimum absolute atomic E-state index is 0.0216. The van der Waals surface area contributed by atoms with Crippen LogP contribution in [0.2, 0.25) is 5.02 Å². The Hall–Kier alpha value is -1.09. The van der Waals surface area contributed by atoms with Crippen LogP contribution in [0.15, 0.2) is 23.1 Å². The van der Waals surface area contributed by atoms with Gasteiger partial charge in [-0.3, -0.25) is 0 Å². The van der Waals surface area contributed by atoms with Crippen LogP contribution in [0, 0.1) is 23.2 Å². The third-order valence-electron chi connectivity index (χ3n) is 4.17. The van der Waals surface area contributed by atoms with Crippen LogP contribution in [0.5, 0.6) is 0 Å². The lowest BCUT2D eigenvalue weighted by Crippen LogP contribution is -2.33. The van der Waals surface area contributed by atoms with Gasteiger partial charge in [-0.05, 0) is 36.5 Å². The van der Waals surface area contributed by atoms with Gasteiger partial charge in [0.1, 0.15) is 4.90 Å². The molecule has 2 rings (SSSR count). The Morgan fingerprint density at radius 1 is 1.38 bits per heavy atom. The smallest absolute Gasteiger partial charge is 0.211 e. The van der Waals surface area contributed by atoms with Crippen LogP contribution >= 0.6 is 11.6 Å². The highest BCUT2D eigenvalue weighted by Crippen LogP contribution is 2.29. The van der Waals surface area contributed by atoms with Crippen LogP contribution in [0.3, 0.4) is 0 Å². The first kappa shape index (κ1) is 16.3. The molecule has 1 aromatic carbocycles. The number of benzene rings is 1. The SMILES string of the molecule is CC1CCCCC1CNS(=O)(=O)c1cc(C#N)ccc1Cl. The highest BCUT2D eigenvalue weighted by molar-refractivity contribution is 7.89. The number of rotatable bonds is 4. The van der Waals surface area contributed by atoms with E-state index in [1.807, 2.05) is 6.07 Å². The first-order valence-electron chi connectivity index (χ1n) is 7.13. The second kappa shape index (κ2) is 6.78. The Balaban J connectivity index is 2.13. The van der Waals surface area contributed by atoms with Crippen LogP contribution in [-0.4, -0.2) is 15.0 Å². The molecule has 114 valence electrons. The molecule has 4 nitrogen and oxygen atoms in total. The lowest BCUT2D eigenvalue weighted by Gasteiger charge is -2.28. The molecule has 0 aliphatic heterocycles. The first-order chi connectivity index (χ1) is 9.94. The minimum atomic E-state index is -3.68. The number of sulfonamides is 1. The van der Waals surface area contributed by atoms with Crippen LogP contribution < -0.4 is 4.72 Å². The summed E-state index contributed by atoms with van der Waals surface area (Å²) < 4.78 is 27.4. The molecule has 6 heteroatoms. The van der Waals surface area contributed by atoms with Crippen molar-refractivity contribution in [3.05, 3.63) is 28.8 Å². The zero-order valence-electron chi connectivity index (χ0n) is 12.0. The number of hydrogen-bond acceptors (Lipinski definition) is 3. The quantitative estimate of drug-likeness (QED) is 0.922.